The quantitative estimate of drug-likeness (QED) is 0.628. The van der Waals surface area contributed by atoms with E-state index in [0.29, 0.717) is 5.82 Å². The van der Waals surface area contributed by atoms with Crippen LogP contribution in [0.5, 0.6) is 0 Å². The highest BCUT2D eigenvalue weighted by atomic mass is 16.2. The van der Waals surface area contributed by atoms with Gasteiger partial charge in [0.1, 0.15) is 11.5 Å². The minimum atomic E-state index is -0.421. The fourth-order valence-electron chi connectivity index (χ4n) is 0.983. The predicted molar refractivity (Wildman–Crippen MR) is 51.4 cm³/mol. The Hall–Kier alpha value is -2.44. The first kappa shape index (κ1) is 9.13. The highest BCUT2D eigenvalue weighted by Crippen LogP contribution is 2.00. The molecule has 0 aliphatic carbocycles. The van der Waals surface area contributed by atoms with Gasteiger partial charge in [-0.1, -0.05) is 0 Å². The number of H-pyrrole nitrogens is 2. The van der Waals surface area contributed by atoms with Gasteiger partial charge in [0.2, 0.25) is 0 Å². The first-order chi connectivity index (χ1) is 7.25. The van der Waals surface area contributed by atoms with E-state index < -0.39 is 5.91 Å². The lowest BCUT2D eigenvalue weighted by Crippen LogP contribution is -2.17. The maximum Gasteiger partial charge on any atom is 0.277 e. The molecule has 0 saturated carbocycles. The first-order valence-electron chi connectivity index (χ1n) is 4.12. The molecule has 3 N–H and O–H groups in total. The van der Waals surface area contributed by atoms with Gasteiger partial charge in [0.25, 0.3) is 11.5 Å². The number of aromatic amines is 2. The summed E-state index contributed by atoms with van der Waals surface area (Å²) in [7, 11) is 0. The second-order valence-corrected chi connectivity index (χ2v) is 2.73. The molecule has 0 aromatic carbocycles. The van der Waals surface area contributed by atoms with E-state index in [2.05, 4.69) is 25.7 Å². The van der Waals surface area contributed by atoms with Gasteiger partial charge in [-0.3, -0.25) is 14.7 Å². The number of aromatic nitrogens is 4. The average Bonchev–Trinajstić information content (AvgIpc) is 2.71. The number of carbonyl (C=O) groups excluding carboxylic acids is 1. The molecule has 2 heterocycles. The van der Waals surface area contributed by atoms with Crippen molar-refractivity contribution < 1.29 is 4.79 Å². The summed E-state index contributed by atoms with van der Waals surface area (Å²) in [6.07, 6.45) is 1.51. The van der Waals surface area contributed by atoms with Crippen molar-refractivity contribution in [1.29, 1.82) is 0 Å². The minimum Gasteiger partial charge on any atom is -0.306 e. The molecule has 7 heteroatoms. The fraction of sp³-hybridized carbons (Fsp3) is 0. The zero-order valence-corrected chi connectivity index (χ0v) is 7.52. The summed E-state index contributed by atoms with van der Waals surface area (Å²) in [4.78, 5) is 22.2. The number of nitrogens with one attached hydrogen (secondary N) is 3. The van der Waals surface area contributed by atoms with E-state index in [1.807, 2.05) is 0 Å². The van der Waals surface area contributed by atoms with Gasteiger partial charge in [0, 0.05) is 12.1 Å². The lowest BCUT2D eigenvalue weighted by atomic mass is 10.3. The van der Waals surface area contributed by atoms with E-state index >= 15 is 0 Å². The number of anilines is 1. The molecule has 0 spiro atoms. The number of nitrogens with zero attached hydrogens (tertiary/aromatic N) is 2. The van der Waals surface area contributed by atoms with Crippen LogP contribution in [-0.2, 0) is 0 Å². The number of hydrogen-bond acceptors (Lipinski definition) is 4. The Bertz CT molecular complexity index is 496. The van der Waals surface area contributed by atoms with Crippen molar-refractivity contribution in [3.63, 3.8) is 0 Å². The van der Waals surface area contributed by atoms with Crippen molar-refractivity contribution in [3.8, 4) is 0 Å². The topological polar surface area (TPSA) is 104 Å². The van der Waals surface area contributed by atoms with Crippen molar-refractivity contribution in [1.82, 2.24) is 20.4 Å². The van der Waals surface area contributed by atoms with Crippen LogP contribution in [0.3, 0.4) is 0 Å². The van der Waals surface area contributed by atoms with Crippen LogP contribution < -0.4 is 10.9 Å². The molecule has 0 unspecified atom stereocenters. The van der Waals surface area contributed by atoms with Gasteiger partial charge in [-0.15, -0.1) is 0 Å². The van der Waals surface area contributed by atoms with E-state index in [-0.39, 0.29) is 11.3 Å². The smallest absolute Gasteiger partial charge is 0.277 e. The monoisotopic (exact) mass is 205 g/mol. The molecule has 0 radical (unpaired) electrons. The third kappa shape index (κ3) is 2.08. The molecular weight excluding hydrogens is 198 g/mol. The van der Waals surface area contributed by atoms with E-state index in [9.17, 15) is 9.59 Å². The summed E-state index contributed by atoms with van der Waals surface area (Å²) in [5, 5.41) is 14.5. The fourth-order valence-corrected chi connectivity index (χ4v) is 0.983. The van der Waals surface area contributed by atoms with Crippen molar-refractivity contribution in [2.75, 3.05) is 5.32 Å². The van der Waals surface area contributed by atoms with E-state index in [0.717, 1.165) is 0 Å². The predicted octanol–water partition coefficient (Wildman–Crippen LogP) is -0.255. The Labute approximate surface area is 83.5 Å². The Morgan fingerprint density at radius 3 is 2.73 bits per heavy atom. The highest BCUT2D eigenvalue weighted by molar-refractivity contribution is 6.02. The molecule has 1 amide bonds. The Balaban J connectivity index is 2.15. The van der Waals surface area contributed by atoms with E-state index in [1.54, 1.807) is 6.07 Å². The van der Waals surface area contributed by atoms with Gasteiger partial charge in [0.15, 0.2) is 0 Å². The van der Waals surface area contributed by atoms with Gasteiger partial charge < -0.3 is 5.32 Å². The average molecular weight is 205 g/mol. The molecule has 2 rings (SSSR count). The Morgan fingerprint density at radius 1 is 1.27 bits per heavy atom. The van der Waals surface area contributed by atoms with Crippen LogP contribution in [0.4, 0.5) is 5.82 Å². The lowest BCUT2D eigenvalue weighted by molar-refractivity contribution is 0.102. The van der Waals surface area contributed by atoms with Crippen LogP contribution in [0.15, 0.2) is 29.2 Å². The third-order valence-corrected chi connectivity index (χ3v) is 1.66. The molecule has 2 aromatic rings. The van der Waals surface area contributed by atoms with Crippen molar-refractivity contribution in [2.24, 2.45) is 0 Å². The van der Waals surface area contributed by atoms with Crippen LogP contribution >= 0.6 is 0 Å². The lowest BCUT2D eigenvalue weighted by Gasteiger charge is -1.99. The molecule has 76 valence electrons. The van der Waals surface area contributed by atoms with Gasteiger partial charge in [-0.25, -0.2) is 5.10 Å². The normalized spacial score (nSPS) is 9.87. The molecule has 0 bridgehead atoms. The Morgan fingerprint density at radius 2 is 2.13 bits per heavy atom. The van der Waals surface area contributed by atoms with Crippen molar-refractivity contribution in [3.05, 3.63) is 40.4 Å². The molecule has 7 nitrogen and oxygen atoms in total. The molecule has 0 aliphatic rings. The number of hydrogen-bond donors (Lipinski definition) is 3. The second kappa shape index (κ2) is 3.74. The van der Waals surface area contributed by atoms with Crippen LogP contribution in [0, 0.1) is 0 Å². The van der Waals surface area contributed by atoms with Crippen molar-refractivity contribution >= 4 is 11.7 Å². The summed E-state index contributed by atoms with van der Waals surface area (Å²) < 4.78 is 0. The van der Waals surface area contributed by atoms with Gasteiger partial charge in [-0.2, -0.15) is 10.2 Å². The van der Waals surface area contributed by atoms with Crippen molar-refractivity contribution in [2.45, 2.75) is 0 Å². The van der Waals surface area contributed by atoms with Gasteiger partial charge >= 0.3 is 0 Å². The van der Waals surface area contributed by atoms with Crippen LogP contribution in [0.25, 0.3) is 0 Å². The second-order valence-electron chi connectivity index (χ2n) is 2.73. The van der Waals surface area contributed by atoms with Crippen LogP contribution in [0.2, 0.25) is 0 Å². The van der Waals surface area contributed by atoms with Crippen LogP contribution in [0.1, 0.15) is 10.5 Å². The molecular formula is C8H7N5O2. The molecule has 0 fully saturated rings. The SMILES string of the molecule is O=C(Nc1ccn[nH]1)c1ccc(=O)[nH]n1. The summed E-state index contributed by atoms with van der Waals surface area (Å²) in [6, 6.07) is 4.17. The Kier molecular flexibility index (Phi) is 2.28. The zero-order chi connectivity index (χ0) is 10.7. The molecule has 0 atom stereocenters. The van der Waals surface area contributed by atoms with Gasteiger partial charge in [0.05, 0.1) is 6.20 Å². The summed E-state index contributed by atoms with van der Waals surface area (Å²) in [5.74, 6) is 0.0449. The van der Waals surface area contributed by atoms with Gasteiger partial charge in [-0.05, 0) is 6.07 Å². The maximum absolute atomic E-state index is 11.5. The standard InChI is InChI=1S/C8H7N5O2/c14-7-2-1-5(11-13-7)8(15)10-6-3-4-9-12-6/h1-4H,(H,13,14)(H2,9,10,12,15). The molecule has 15 heavy (non-hydrogen) atoms. The third-order valence-electron chi connectivity index (χ3n) is 1.66. The first-order valence-corrected chi connectivity index (χ1v) is 4.12. The number of rotatable bonds is 2. The number of amides is 1. The zero-order valence-electron chi connectivity index (χ0n) is 7.52. The van der Waals surface area contributed by atoms with E-state index in [4.69, 9.17) is 0 Å². The maximum atomic E-state index is 11.5. The number of carbonyl (C=O) groups is 1. The molecule has 2 aromatic heterocycles. The molecule has 0 saturated heterocycles. The largest absolute Gasteiger partial charge is 0.306 e. The highest BCUT2D eigenvalue weighted by Gasteiger charge is 2.07. The minimum absolute atomic E-state index is 0.129. The summed E-state index contributed by atoms with van der Waals surface area (Å²) in [5.41, 5.74) is -0.225. The summed E-state index contributed by atoms with van der Waals surface area (Å²) in [6.45, 7) is 0. The summed E-state index contributed by atoms with van der Waals surface area (Å²) >= 11 is 0. The van der Waals surface area contributed by atoms with Crippen LogP contribution in [-0.4, -0.2) is 26.3 Å². The van der Waals surface area contributed by atoms with E-state index in [1.165, 1.54) is 18.3 Å². The molecule has 0 aliphatic heterocycles.